The largest absolute Gasteiger partial charge is 0.305 e. The van der Waals surface area contributed by atoms with Crippen LogP contribution in [0.15, 0.2) is 279 Å². The molecule has 14 rings (SSSR count). The summed E-state index contributed by atoms with van der Waals surface area (Å²) in [4.78, 5) is 41.9. The molecule has 0 fully saturated rings. The second-order valence-electron chi connectivity index (χ2n) is 19.7. The van der Waals surface area contributed by atoms with E-state index in [0.717, 1.165) is 101 Å². The number of para-hydroxylation sites is 4. The Bertz CT molecular complexity index is 4280. The van der Waals surface area contributed by atoms with Crippen molar-refractivity contribution in [3.8, 4) is 108 Å². The van der Waals surface area contributed by atoms with Gasteiger partial charge in [-0.3, -0.25) is 4.90 Å². The summed E-state index contributed by atoms with van der Waals surface area (Å²) in [5.41, 5.74) is 16.3. The molecular weight excluding hydrogens is 1000 g/mol. The predicted molar refractivity (Wildman–Crippen MR) is 328 cm³/mol. The van der Waals surface area contributed by atoms with Crippen LogP contribution in [0.25, 0.3) is 102 Å². The number of benzene rings is 10. The lowest BCUT2D eigenvalue weighted by molar-refractivity contribution is 1.06. The second-order valence-corrected chi connectivity index (χ2v) is 19.7. The van der Waals surface area contributed by atoms with Gasteiger partial charge < -0.3 is 4.90 Å². The maximum atomic E-state index is 10.2. The molecule has 0 N–H and O–H groups in total. The van der Waals surface area contributed by atoms with Crippen molar-refractivity contribution in [1.29, 1.82) is 5.26 Å². The van der Waals surface area contributed by atoms with Gasteiger partial charge in [0.1, 0.15) is 0 Å². The molecular formula is C72H46N10. The van der Waals surface area contributed by atoms with E-state index in [2.05, 4.69) is 125 Å². The molecule has 0 saturated carbocycles. The van der Waals surface area contributed by atoms with Crippen molar-refractivity contribution in [3.05, 3.63) is 285 Å². The van der Waals surface area contributed by atoms with Gasteiger partial charge in [-0.25, -0.2) is 34.9 Å². The summed E-state index contributed by atoms with van der Waals surface area (Å²) < 4.78 is 0. The summed E-state index contributed by atoms with van der Waals surface area (Å²) in [7, 11) is 0. The highest BCUT2D eigenvalue weighted by molar-refractivity contribution is 6.07. The summed E-state index contributed by atoms with van der Waals surface area (Å²) in [5.74, 6) is 2.59. The van der Waals surface area contributed by atoms with Crippen LogP contribution in [0.1, 0.15) is 5.56 Å². The number of fused-ring (bicyclic) bond motifs is 2. The van der Waals surface area contributed by atoms with Gasteiger partial charge >= 0.3 is 0 Å². The normalized spacial score (nSPS) is 11.6. The number of anilines is 6. The van der Waals surface area contributed by atoms with Gasteiger partial charge in [0.15, 0.2) is 23.3 Å². The van der Waals surface area contributed by atoms with E-state index < -0.39 is 0 Å². The van der Waals surface area contributed by atoms with Crippen molar-refractivity contribution in [2.75, 3.05) is 9.80 Å². The topological polar surface area (TPSA) is 120 Å². The number of rotatable bonds is 11. The maximum Gasteiger partial charge on any atom is 0.235 e. The van der Waals surface area contributed by atoms with Crippen LogP contribution >= 0.6 is 0 Å². The quantitative estimate of drug-likeness (QED) is 0.124. The molecule has 1 aliphatic heterocycles. The average molecular weight is 1050 g/mol. The zero-order chi connectivity index (χ0) is 54.8. The molecule has 0 amide bonds. The van der Waals surface area contributed by atoms with Gasteiger partial charge in [0.25, 0.3) is 0 Å². The predicted octanol–water partition coefficient (Wildman–Crippen LogP) is 17.6. The first kappa shape index (κ1) is 48.8. The Morgan fingerprint density at radius 1 is 0.256 bits per heavy atom. The van der Waals surface area contributed by atoms with Crippen LogP contribution in [0.5, 0.6) is 0 Å². The van der Waals surface area contributed by atoms with Crippen LogP contribution in [0, 0.1) is 11.3 Å². The SMILES string of the molecule is N#Cc1ccc(-c2cc(-c3nc(-c4ccccc4)nc(-c4ccccc4)n3)cc(-c3cc(-c4ccccc4)nc(-c4ccccc4)n3)c2N2c3ccccc3N(c3nc(-c4ccccc4)cc(-c4ccccc4)n3)c3ccccc32)cc1. The first-order valence-corrected chi connectivity index (χ1v) is 26.9. The van der Waals surface area contributed by atoms with E-state index in [1.165, 1.54) is 0 Å². The molecule has 0 saturated heterocycles. The molecule has 1 aliphatic rings. The van der Waals surface area contributed by atoms with E-state index in [0.29, 0.717) is 40.5 Å². The summed E-state index contributed by atoms with van der Waals surface area (Å²) >= 11 is 0. The highest BCUT2D eigenvalue weighted by Gasteiger charge is 2.35. The fourth-order valence-electron chi connectivity index (χ4n) is 10.6. The van der Waals surface area contributed by atoms with Crippen LogP contribution in [0.3, 0.4) is 0 Å². The Labute approximate surface area is 474 Å². The molecule has 0 radical (unpaired) electrons. The van der Waals surface area contributed by atoms with Crippen LogP contribution in [-0.4, -0.2) is 34.9 Å². The number of aromatic nitrogens is 7. The van der Waals surface area contributed by atoms with Gasteiger partial charge in [0.05, 0.1) is 62.8 Å². The Balaban J connectivity index is 1.08. The number of nitrogens with zero attached hydrogens (tertiary/aromatic N) is 10. The Morgan fingerprint density at radius 3 is 1.01 bits per heavy atom. The molecule has 0 unspecified atom stereocenters. The van der Waals surface area contributed by atoms with Gasteiger partial charge in [-0.05, 0) is 66.2 Å². The third-order valence-corrected chi connectivity index (χ3v) is 14.5. The minimum atomic E-state index is 0.464. The number of hydrogen-bond acceptors (Lipinski definition) is 10. The Kier molecular flexibility index (Phi) is 12.7. The first-order chi connectivity index (χ1) is 40.6. The molecule has 10 aromatic carbocycles. The van der Waals surface area contributed by atoms with Crippen molar-refractivity contribution in [2.45, 2.75) is 0 Å². The van der Waals surface area contributed by atoms with E-state index in [1.807, 2.05) is 170 Å². The lowest BCUT2D eigenvalue weighted by atomic mass is 9.91. The van der Waals surface area contributed by atoms with Crippen LogP contribution in [0.4, 0.5) is 34.4 Å². The first-order valence-electron chi connectivity index (χ1n) is 26.9. The summed E-state index contributed by atoms with van der Waals surface area (Å²) in [6, 6.07) is 96.1. The van der Waals surface area contributed by atoms with Crippen molar-refractivity contribution >= 4 is 34.4 Å². The zero-order valence-electron chi connectivity index (χ0n) is 44.0. The Hall–Kier alpha value is -11.5. The molecule has 10 nitrogen and oxygen atoms in total. The summed E-state index contributed by atoms with van der Waals surface area (Å²) in [5, 5.41) is 10.2. The number of hydrogen-bond donors (Lipinski definition) is 0. The zero-order valence-corrected chi connectivity index (χ0v) is 44.0. The van der Waals surface area contributed by atoms with Gasteiger partial charge in [-0.15, -0.1) is 0 Å². The van der Waals surface area contributed by atoms with E-state index >= 15 is 0 Å². The number of nitriles is 1. The monoisotopic (exact) mass is 1050 g/mol. The lowest BCUT2D eigenvalue weighted by Crippen LogP contribution is -2.26. The van der Waals surface area contributed by atoms with Crippen molar-refractivity contribution in [3.63, 3.8) is 0 Å². The van der Waals surface area contributed by atoms with E-state index in [9.17, 15) is 5.26 Å². The van der Waals surface area contributed by atoms with E-state index in [1.54, 1.807) is 0 Å². The molecule has 384 valence electrons. The van der Waals surface area contributed by atoms with Crippen molar-refractivity contribution < 1.29 is 0 Å². The Morgan fingerprint density at radius 2 is 0.585 bits per heavy atom. The maximum absolute atomic E-state index is 10.2. The van der Waals surface area contributed by atoms with Crippen LogP contribution < -0.4 is 9.80 Å². The molecule has 0 atom stereocenters. The summed E-state index contributed by atoms with van der Waals surface area (Å²) in [6.45, 7) is 0. The molecule has 3 aromatic heterocycles. The van der Waals surface area contributed by atoms with Crippen molar-refractivity contribution in [2.24, 2.45) is 0 Å². The highest BCUT2D eigenvalue weighted by Crippen LogP contribution is 2.58. The fraction of sp³-hybridized carbons (Fsp3) is 0. The third kappa shape index (κ3) is 9.36. The van der Waals surface area contributed by atoms with Gasteiger partial charge in [-0.1, -0.05) is 218 Å². The lowest BCUT2D eigenvalue weighted by Gasteiger charge is -2.41. The molecule has 82 heavy (non-hydrogen) atoms. The molecule has 0 bridgehead atoms. The molecule has 4 heterocycles. The highest BCUT2D eigenvalue weighted by atomic mass is 15.3. The van der Waals surface area contributed by atoms with Gasteiger partial charge in [-0.2, -0.15) is 5.26 Å². The molecule has 13 aromatic rings. The average Bonchev–Trinajstić information content (AvgIpc) is 3.64. The minimum Gasteiger partial charge on any atom is -0.305 e. The fourth-order valence-corrected chi connectivity index (χ4v) is 10.6. The molecule has 10 heteroatoms. The second kappa shape index (κ2) is 21.4. The van der Waals surface area contributed by atoms with Gasteiger partial charge in [0, 0.05) is 50.1 Å². The van der Waals surface area contributed by atoms with Gasteiger partial charge in [0.2, 0.25) is 5.95 Å². The molecule has 0 aliphatic carbocycles. The van der Waals surface area contributed by atoms with E-state index in [-0.39, 0.29) is 0 Å². The van der Waals surface area contributed by atoms with E-state index in [4.69, 9.17) is 34.9 Å². The van der Waals surface area contributed by atoms with Crippen LogP contribution in [0.2, 0.25) is 0 Å². The summed E-state index contributed by atoms with van der Waals surface area (Å²) in [6.07, 6.45) is 0. The minimum absolute atomic E-state index is 0.464. The standard InChI is InChI=1S/C72H46N10/c73-47-48-39-41-49(42-40-48)57-43-56(71-79-69(54-31-15-5-16-32-54)78-70(80-71)55-33-17-6-18-34-55)44-58(62-46-59(50-23-7-1-8-24-50)74-68(75-62)53-29-13-4-14-30-53)67(57)81-63-35-19-21-37-65(63)82(66-38-22-20-36-64(66)81)72-76-60(51-25-9-2-10-26-51)45-61(77-72)52-27-11-3-12-28-52/h1-46H. The molecule has 0 spiro atoms. The third-order valence-electron chi connectivity index (χ3n) is 14.5. The van der Waals surface area contributed by atoms with Crippen molar-refractivity contribution in [1.82, 2.24) is 34.9 Å². The smallest absolute Gasteiger partial charge is 0.235 e. The van der Waals surface area contributed by atoms with Crippen LogP contribution in [-0.2, 0) is 0 Å².